The van der Waals surface area contributed by atoms with Gasteiger partial charge in [0.25, 0.3) is 0 Å². The third-order valence-corrected chi connectivity index (χ3v) is 3.24. The first kappa shape index (κ1) is 16.0. The van der Waals surface area contributed by atoms with Gasteiger partial charge in [-0.3, -0.25) is 9.59 Å². The Morgan fingerprint density at radius 2 is 1.63 bits per heavy atom. The molecule has 0 saturated heterocycles. The molecule has 1 saturated carbocycles. The van der Waals surface area contributed by atoms with Crippen LogP contribution in [0.1, 0.15) is 53.9 Å². The summed E-state index contributed by atoms with van der Waals surface area (Å²) in [5.41, 5.74) is -0.222. The highest BCUT2D eigenvalue weighted by atomic mass is 16.2. The molecule has 0 aromatic heterocycles. The van der Waals surface area contributed by atoms with Crippen molar-refractivity contribution in [3.8, 4) is 0 Å². The van der Waals surface area contributed by atoms with Gasteiger partial charge in [-0.25, -0.2) is 0 Å². The fourth-order valence-electron chi connectivity index (χ4n) is 2.33. The predicted molar refractivity (Wildman–Crippen MR) is 76.7 cm³/mol. The van der Waals surface area contributed by atoms with Crippen LogP contribution in [0, 0.1) is 11.8 Å². The number of carbonyl (C=O) groups excluding carboxylic acids is 2. The van der Waals surface area contributed by atoms with Crippen molar-refractivity contribution in [2.75, 3.05) is 13.1 Å². The molecular weight excluding hydrogens is 240 g/mol. The van der Waals surface area contributed by atoms with Crippen LogP contribution in [0.4, 0.5) is 0 Å². The summed E-state index contributed by atoms with van der Waals surface area (Å²) < 4.78 is 0. The number of nitrogens with zero attached hydrogens (tertiary/aromatic N) is 1. The Morgan fingerprint density at radius 1 is 1.11 bits per heavy atom. The Bertz CT molecular complexity index is 328. The van der Waals surface area contributed by atoms with E-state index in [0.717, 1.165) is 25.9 Å². The predicted octanol–water partition coefficient (Wildman–Crippen LogP) is 2.19. The van der Waals surface area contributed by atoms with Crippen LogP contribution >= 0.6 is 0 Å². The van der Waals surface area contributed by atoms with E-state index in [4.69, 9.17) is 0 Å². The molecule has 0 spiro atoms. The van der Waals surface area contributed by atoms with Gasteiger partial charge in [-0.1, -0.05) is 13.8 Å². The molecule has 2 atom stereocenters. The fraction of sp³-hybridized carbons (Fsp3) is 0.867. The summed E-state index contributed by atoms with van der Waals surface area (Å²) >= 11 is 0. The number of hydrogen-bond acceptors (Lipinski definition) is 2. The van der Waals surface area contributed by atoms with Crippen LogP contribution in [0.15, 0.2) is 0 Å². The largest absolute Gasteiger partial charge is 0.351 e. The van der Waals surface area contributed by atoms with E-state index in [-0.39, 0.29) is 29.2 Å². The van der Waals surface area contributed by atoms with Crippen molar-refractivity contribution in [2.45, 2.75) is 59.4 Å². The van der Waals surface area contributed by atoms with Gasteiger partial charge >= 0.3 is 0 Å². The summed E-state index contributed by atoms with van der Waals surface area (Å²) in [6.45, 7) is 11.6. The van der Waals surface area contributed by atoms with Crippen LogP contribution in [0.5, 0.6) is 0 Å². The van der Waals surface area contributed by atoms with Crippen LogP contribution < -0.4 is 5.32 Å². The molecule has 1 N–H and O–H groups in total. The van der Waals surface area contributed by atoms with Crippen LogP contribution in [0.25, 0.3) is 0 Å². The van der Waals surface area contributed by atoms with Gasteiger partial charge < -0.3 is 10.2 Å². The summed E-state index contributed by atoms with van der Waals surface area (Å²) in [5.74, 6) is -0.0000524. The van der Waals surface area contributed by atoms with Crippen molar-refractivity contribution >= 4 is 11.8 Å². The van der Waals surface area contributed by atoms with E-state index in [1.807, 2.05) is 25.7 Å². The summed E-state index contributed by atoms with van der Waals surface area (Å²) in [4.78, 5) is 26.2. The van der Waals surface area contributed by atoms with Crippen molar-refractivity contribution in [1.29, 1.82) is 0 Å². The van der Waals surface area contributed by atoms with Gasteiger partial charge in [-0.2, -0.15) is 0 Å². The zero-order valence-electron chi connectivity index (χ0n) is 13.0. The molecule has 0 aromatic rings. The monoisotopic (exact) mass is 268 g/mol. The number of amides is 2. The summed E-state index contributed by atoms with van der Waals surface area (Å²) in [7, 11) is 0. The second kappa shape index (κ2) is 6.40. The van der Waals surface area contributed by atoms with Gasteiger partial charge in [-0.15, -0.1) is 0 Å². The quantitative estimate of drug-likeness (QED) is 0.802. The molecule has 1 aliphatic carbocycles. The molecule has 1 rings (SSSR count). The van der Waals surface area contributed by atoms with Gasteiger partial charge in [0, 0.05) is 18.6 Å². The minimum Gasteiger partial charge on any atom is -0.351 e. The van der Waals surface area contributed by atoms with Crippen LogP contribution in [-0.2, 0) is 9.59 Å². The number of carbonyl (C=O) groups is 2. The smallest absolute Gasteiger partial charge is 0.226 e. The molecule has 0 radical (unpaired) electrons. The van der Waals surface area contributed by atoms with E-state index in [2.05, 4.69) is 19.2 Å². The highest BCUT2D eigenvalue weighted by molar-refractivity contribution is 5.92. The standard InChI is InChI=1S/C15H28N2O2/c1-6-8-17(9-7-2)14(19)12-10-11(12)13(18)16-15(3,4)5/h11-12H,6-10H2,1-5H3,(H,16,18). The van der Waals surface area contributed by atoms with Crippen molar-refractivity contribution in [2.24, 2.45) is 11.8 Å². The second-order valence-corrected chi connectivity index (χ2v) is 6.51. The number of hydrogen-bond donors (Lipinski definition) is 1. The first-order valence-electron chi connectivity index (χ1n) is 7.41. The molecule has 110 valence electrons. The summed E-state index contributed by atoms with van der Waals surface area (Å²) in [5, 5.41) is 2.96. The van der Waals surface area contributed by atoms with E-state index in [1.165, 1.54) is 0 Å². The highest BCUT2D eigenvalue weighted by Gasteiger charge is 2.49. The molecule has 2 amide bonds. The first-order chi connectivity index (χ1) is 8.80. The number of nitrogens with one attached hydrogen (secondary N) is 1. The Hall–Kier alpha value is -1.06. The molecule has 0 aromatic carbocycles. The molecule has 4 nitrogen and oxygen atoms in total. The van der Waals surface area contributed by atoms with E-state index >= 15 is 0 Å². The van der Waals surface area contributed by atoms with Crippen LogP contribution in [0.2, 0.25) is 0 Å². The average molecular weight is 268 g/mol. The minimum atomic E-state index is -0.222. The first-order valence-corrected chi connectivity index (χ1v) is 7.41. The molecule has 19 heavy (non-hydrogen) atoms. The van der Waals surface area contributed by atoms with Crippen LogP contribution in [-0.4, -0.2) is 35.3 Å². The molecule has 0 heterocycles. The normalized spacial score (nSPS) is 21.9. The zero-order chi connectivity index (χ0) is 14.6. The van der Waals surface area contributed by atoms with Gasteiger partial charge in [0.2, 0.25) is 11.8 Å². The minimum absolute atomic E-state index is 0.0267. The highest BCUT2D eigenvalue weighted by Crippen LogP contribution is 2.40. The van der Waals surface area contributed by atoms with Gasteiger partial charge in [0.05, 0.1) is 11.8 Å². The molecule has 1 fully saturated rings. The summed E-state index contributed by atoms with van der Waals surface area (Å²) in [6.07, 6.45) is 2.65. The topological polar surface area (TPSA) is 49.4 Å². The lowest BCUT2D eigenvalue weighted by atomic mass is 10.1. The summed E-state index contributed by atoms with van der Waals surface area (Å²) in [6, 6.07) is 0. The van der Waals surface area contributed by atoms with Crippen molar-refractivity contribution in [3.63, 3.8) is 0 Å². The van der Waals surface area contributed by atoms with Crippen molar-refractivity contribution in [1.82, 2.24) is 10.2 Å². The molecule has 0 bridgehead atoms. The van der Waals surface area contributed by atoms with E-state index in [1.54, 1.807) is 0 Å². The third kappa shape index (κ3) is 4.84. The van der Waals surface area contributed by atoms with Crippen LogP contribution in [0.3, 0.4) is 0 Å². The van der Waals surface area contributed by atoms with Gasteiger partial charge in [0.15, 0.2) is 0 Å². The maximum Gasteiger partial charge on any atom is 0.226 e. The Morgan fingerprint density at radius 3 is 2.05 bits per heavy atom. The van der Waals surface area contributed by atoms with Gasteiger partial charge in [0.1, 0.15) is 0 Å². The SMILES string of the molecule is CCCN(CCC)C(=O)C1CC1C(=O)NC(C)(C)C. The third-order valence-electron chi connectivity index (χ3n) is 3.24. The van der Waals surface area contributed by atoms with E-state index in [0.29, 0.717) is 6.42 Å². The molecule has 0 aliphatic heterocycles. The molecule has 2 unspecified atom stereocenters. The van der Waals surface area contributed by atoms with Crippen molar-refractivity contribution in [3.05, 3.63) is 0 Å². The Labute approximate surface area is 116 Å². The lowest BCUT2D eigenvalue weighted by Gasteiger charge is -2.22. The Kier molecular flexibility index (Phi) is 5.39. The van der Waals surface area contributed by atoms with E-state index in [9.17, 15) is 9.59 Å². The number of rotatable bonds is 6. The average Bonchev–Trinajstić information content (AvgIpc) is 3.05. The zero-order valence-corrected chi connectivity index (χ0v) is 13.0. The maximum absolute atomic E-state index is 12.3. The molecular formula is C15H28N2O2. The van der Waals surface area contributed by atoms with Gasteiger partial charge in [-0.05, 0) is 40.0 Å². The Balaban J connectivity index is 2.50. The fourth-order valence-corrected chi connectivity index (χ4v) is 2.33. The van der Waals surface area contributed by atoms with Crippen molar-refractivity contribution < 1.29 is 9.59 Å². The lowest BCUT2D eigenvalue weighted by molar-refractivity contribution is -0.135. The lowest BCUT2D eigenvalue weighted by Crippen LogP contribution is -2.42. The molecule has 4 heteroatoms. The maximum atomic E-state index is 12.3. The second-order valence-electron chi connectivity index (χ2n) is 6.51. The molecule has 1 aliphatic rings. The van der Waals surface area contributed by atoms with E-state index < -0.39 is 0 Å².